The van der Waals surface area contributed by atoms with Gasteiger partial charge < -0.3 is 10.1 Å². The molecule has 1 heterocycles. The van der Waals surface area contributed by atoms with Gasteiger partial charge in [0.25, 0.3) is 0 Å². The summed E-state index contributed by atoms with van der Waals surface area (Å²) < 4.78 is 5.26. The normalized spacial score (nSPS) is 20.5. The van der Waals surface area contributed by atoms with Crippen molar-refractivity contribution in [3.05, 3.63) is 0 Å². The molecule has 11 heavy (non-hydrogen) atoms. The summed E-state index contributed by atoms with van der Waals surface area (Å²) in [5.41, 5.74) is 0. The van der Waals surface area contributed by atoms with E-state index in [0.717, 1.165) is 38.0 Å². The molecule has 3 heteroatoms. The Morgan fingerprint density at radius 3 is 2.73 bits per heavy atom. The fourth-order valence-corrected chi connectivity index (χ4v) is 1.49. The largest absolute Gasteiger partial charge is 0.381 e. The maximum absolute atomic E-state index is 5.26. The Labute approximate surface area is 74.1 Å². The Morgan fingerprint density at radius 2 is 2.09 bits per heavy atom. The number of ether oxygens (including phenoxy) is 1. The van der Waals surface area contributed by atoms with Crippen LogP contribution >= 0.6 is 12.6 Å². The predicted molar refractivity (Wildman–Crippen MR) is 50.3 cm³/mol. The van der Waals surface area contributed by atoms with Crippen molar-refractivity contribution in [1.82, 2.24) is 5.32 Å². The van der Waals surface area contributed by atoms with Crippen molar-refractivity contribution in [1.29, 1.82) is 0 Å². The summed E-state index contributed by atoms with van der Waals surface area (Å²) in [5.74, 6) is 1.77. The number of hydrogen-bond acceptors (Lipinski definition) is 3. The van der Waals surface area contributed by atoms with Crippen LogP contribution in [0, 0.1) is 5.92 Å². The van der Waals surface area contributed by atoms with E-state index in [4.69, 9.17) is 4.74 Å². The quantitative estimate of drug-likeness (QED) is 0.490. The van der Waals surface area contributed by atoms with Crippen LogP contribution in [0.1, 0.15) is 12.8 Å². The highest BCUT2D eigenvalue weighted by atomic mass is 32.1. The van der Waals surface area contributed by atoms with E-state index in [1.807, 2.05) is 0 Å². The van der Waals surface area contributed by atoms with E-state index in [1.54, 1.807) is 0 Å². The zero-order valence-electron chi connectivity index (χ0n) is 6.88. The van der Waals surface area contributed by atoms with Crippen molar-refractivity contribution in [2.24, 2.45) is 5.92 Å². The zero-order chi connectivity index (χ0) is 7.94. The SMILES string of the molecule is SCCNCC1CCOCC1. The lowest BCUT2D eigenvalue weighted by atomic mass is 10.0. The lowest BCUT2D eigenvalue weighted by molar-refractivity contribution is 0.0665. The third kappa shape index (κ3) is 3.99. The van der Waals surface area contributed by atoms with Crippen molar-refractivity contribution < 1.29 is 4.74 Å². The van der Waals surface area contributed by atoms with Gasteiger partial charge in [-0.05, 0) is 25.3 Å². The average molecular weight is 175 g/mol. The van der Waals surface area contributed by atoms with Gasteiger partial charge in [0, 0.05) is 25.5 Å². The molecule has 0 atom stereocenters. The first-order chi connectivity index (χ1) is 5.43. The Kier molecular flexibility index (Phi) is 4.99. The summed E-state index contributed by atoms with van der Waals surface area (Å²) >= 11 is 4.13. The number of hydrogen-bond donors (Lipinski definition) is 2. The van der Waals surface area contributed by atoms with Gasteiger partial charge in [0.1, 0.15) is 0 Å². The Bertz CT molecular complexity index is 94.1. The van der Waals surface area contributed by atoms with Gasteiger partial charge in [-0.3, -0.25) is 0 Å². The smallest absolute Gasteiger partial charge is 0.0469 e. The summed E-state index contributed by atoms with van der Waals surface area (Å²) in [6, 6.07) is 0. The van der Waals surface area contributed by atoms with Crippen LogP contribution in [0.3, 0.4) is 0 Å². The summed E-state index contributed by atoms with van der Waals surface area (Å²) in [5, 5.41) is 3.37. The summed E-state index contributed by atoms with van der Waals surface area (Å²) in [6.07, 6.45) is 2.44. The number of nitrogens with one attached hydrogen (secondary N) is 1. The van der Waals surface area contributed by atoms with Gasteiger partial charge in [-0.25, -0.2) is 0 Å². The Morgan fingerprint density at radius 1 is 1.36 bits per heavy atom. The van der Waals surface area contributed by atoms with Gasteiger partial charge in [0.15, 0.2) is 0 Å². The fourth-order valence-electron chi connectivity index (χ4n) is 1.34. The molecule has 0 aromatic heterocycles. The molecule has 0 aromatic rings. The highest BCUT2D eigenvalue weighted by molar-refractivity contribution is 7.80. The van der Waals surface area contributed by atoms with Crippen LogP contribution < -0.4 is 5.32 Å². The highest BCUT2D eigenvalue weighted by Crippen LogP contribution is 2.12. The van der Waals surface area contributed by atoms with E-state index < -0.39 is 0 Å². The molecule has 0 aromatic carbocycles. The third-order valence-corrected chi connectivity index (χ3v) is 2.29. The molecule has 1 aliphatic rings. The van der Waals surface area contributed by atoms with E-state index in [1.165, 1.54) is 12.8 Å². The molecule has 66 valence electrons. The first-order valence-electron chi connectivity index (χ1n) is 4.33. The zero-order valence-corrected chi connectivity index (χ0v) is 7.78. The van der Waals surface area contributed by atoms with Gasteiger partial charge in [-0.1, -0.05) is 0 Å². The van der Waals surface area contributed by atoms with Crippen LogP contribution in [-0.4, -0.2) is 32.1 Å². The van der Waals surface area contributed by atoms with Crippen molar-refractivity contribution in [3.63, 3.8) is 0 Å². The molecule has 1 aliphatic heterocycles. The second kappa shape index (κ2) is 5.86. The molecule has 1 saturated heterocycles. The minimum absolute atomic E-state index is 0.837. The van der Waals surface area contributed by atoms with Gasteiger partial charge >= 0.3 is 0 Å². The average Bonchev–Trinajstić information content (AvgIpc) is 2.07. The number of thiol groups is 1. The standard InChI is InChI=1S/C8H17NOS/c11-6-3-9-7-8-1-4-10-5-2-8/h8-9,11H,1-7H2. The number of rotatable bonds is 4. The van der Waals surface area contributed by atoms with E-state index in [9.17, 15) is 0 Å². The predicted octanol–water partition coefficient (Wildman–Crippen LogP) is 0.932. The van der Waals surface area contributed by atoms with Gasteiger partial charge in [-0.15, -0.1) is 0 Å². The molecule has 1 rings (SSSR count). The topological polar surface area (TPSA) is 21.3 Å². The molecule has 0 saturated carbocycles. The van der Waals surface area contributed by atoms with E-state index in [2.05, 4.69) is 17.9 Å². The molecular formula is C8H17NOS. The molecule has 0 unspecified atom stereocenters. The molecular weight excluding hydrogens is 158 g/mol. The monoisotopic (exact) mass is 175 g/mol. The molecule has 2 nitrogen and oxygen atoms in total. The maximum Gasteiger partial charge on any atom is 0.0469 e. The van der Waals surface area contributed by atoms with Crippen molar-refractivity contribution in [3.8, 4) is 0 Å². The second-order valence-electron chi connectivity index (χ2n) is 2.98. The van der Waals surface area contributed by atoms with Crippen molar-refractivity contribution >= 4 is 12.6 Å². The van der Waals surface area contributed by atoms with Crippen LogP contribution in [0.25, 0.3) is 0 Å². The minimum Gasteiger partial charge on any atom is -0.381 e. The van der Waals surface area contributed by atoms with Crippen molar-refractivity contribution in [2.45, 2.75) is 12.8 Å². The Hall–Kier alpha value is 0.270. The Balaban J connectivity index is 1.96. The molecule has 0 spiro atoms. The highest BCUT2D eigenvalue weighted by Gasteiger charge is 2.12. The molecule has 0 amide bonds. The van der Waals surface area contributed by atoms with Gasteiger partial charge in [0.05, 0.1) is 0 Å². The van der Waals surface area contributed by atoms with Gasteiger partial charge in [-0.2, -0.15) is 12.6 Å². The van der Waals surface area contributed by atoms with Crippen LogP contribution in [0.4, 0.5) is 0 Å². The lowest BCUT2D eigenvalue weighted by Crippen LogP contribution is -2.28. The maximum atomic E-state index is 5.26. The van der Waals surface area contributed by atoms with Crippen LogP contribution in [0.5, 0.6) is 0 Å². The molecule has 0 bridgehead atoms. The first kappa shape index (κ1) is 9.36. The van der Waals surface area contributed by atoms with E-state index >= 15 is 0 Å². The summed E-state index contributed by atoms with van der Waals surface area (Å²) in [6.45, 7) is 4.07. The molecule has 0 radical (unpaired) electrons. The lowest BCUT2D eigenvalue weighted by Gasteiger charge is -2.21. The summed E-state index contributed by atoms with van der Waals surface area (Å²) in [7, 11) is 0. The van der Waals surface area contributed by atoms with Gasteiger partial charge in [0.2, 0.25) is 0 Å². The molecule has 1 N–H and O–H groups in total. The molecule has 1 fully saturated rings. The first-order valence-corrected chi connectivity index (χ1v) is 4.96. The van der Waals surface area contributed by atoms with Crippen LogP contribution in [0.15, 0.2) is 0 Å². The summed E-state index contributed by atoms with van der Waals surface area (Å²) in [4.78, 5) is 0. The van der Waals surface area contributed by atoms with Crippen LogP contribution in [-0.2, 0) is 4.74 Å². The van der Waals surface area contributed by atoms with E-state index in [0.29, 0.717) is 0 Å². The van der Waals surface area contributed by atoms with Crippen LogP contribution in [0.2, 0.25) is 0 Å². The minimum atomic E-state index is 0.837. The molecule has 0 aliphatic carbocycles. The van der Waals surface area contributed by atoms with E-state index in [-0.39, 0.29) is 0 Å². The van der Waals surface area contributed by atoms with Crippen molar-refractivity contribution in [2.75, 3.05) is 32.1 Å². The third-order valence-electron chi connectivity index (χ3n) is 2.06. The fraction of sp³-hybridized carbons (Fsp3) is 1.00. The second-order valence-corrected chi connectivity index (χ2v) is 3.43.